The molecule has 102 valence electrons. The molecule has 0 aliphatic rings. The van der Waals surface area contributed by atoms with E-state index < -0.39 is 0 Å². The van der Waals surface area contributed by atoms with Gasteiger partial charge in [-0.25, -0.2) is 0 Å². The van der Waals surface area contributed by atoms with Crippen molar-refractivity contribution in [3.63, 3.8) is 0 Å². The number of hydrogen-bond acceptors (Lipinski definition) is 2. The van der Waals surface area contributed by atoms with Gasteiger partial charge in [-0.2, -0.15) is 0 Å². The molecule has 0 aromatic heterocycles. The van der Waals surface area contributed by atoms with Crippen LogP contribution in [0.3, 0.4) is 0 Å². The summed E-state index contributed by atoms with van der Waals surface area (Å²) in [6.07, 6.45) is 6.00. The predicted molar refractivity (Wildman–Crippen MR) is 78.8 cm³/mol. The van der Waals surface area contributed by atoms with Crippen LogP contribution in [0.4, 0.5) is 0 Å². The number of nitrogens with one attached hydrogen (secondary N) is 1. The third-order valence-corrected chi connectivity index (χ3v) is 3.25. The lowest BCUT2D eigenvalue weighted by Crippen LogP contribution is -2.18. The zero-order chi connectivity index (χ0) is 13.1. The Labute approximate surface area is 116 Å². The molecule has 0 fully saturated rings. The van der Waals surface area contributed by atoms with E-state index in [0.717, 1.165) is 37.6 Å². The van der Waals surface area contributed by atoms with Gasteiger partial charge < -0.3 is 10.1 Å². The van der Waals surface area contributed by atoms with Crippen LogP contribution >= 0.6 is 11.6 Å². The Balaban J connectivity index is 2.00. The molecule has 1 aromatic rings. The molecule has 2 nitrogen and oxygen atoms in total. The van der Waals surface area contributed by atoms with Crippen molar-refractivity contribution >= 4 is 11.6 Å². The third-order valence-electron chi connectivity index (χ3n) is 2.99. The van der Waals surface area contributed by atoms with Crippen LogP contribution in [0.2, 0.25) is 0 Å². The van der Waals surface area contributed by atoms with Gasteiger partial charge in [0.25, 0.3) is 0 Å². The first-order valence-corrected chi connectivity index (χ1v) is 7.30. The summed E-state index contributed by atoms with van der Waals surface area (Å²) in [6, 6.07) is 8.28. The molecule has 0 aliphatic heterocycles. The molecule has 0 bridgehead atoms. The zero-order valence-electron chi connectivity index (χ0n) is 11.3. The van der Waals surface area contributed by atoms with Crippen molar-refractivity contribution in [3.8, 4) is 5.75 Å². The maximum absolute atomic E-state index is 5.63. The standard InChI is InChI=1S/C15H24ClNO/c1-18-15-8-6-14(7-9-15)10-13-17-12-5-3-2-4-11-16/h6-9,17H,2-5,10-13H2,1H3. The van der Waals surface area contributed by atoms with E-state index in [9.17, 15) is 0 Å². The number of ether oxygens (including phenoxy) is 1. The number of alkyl halides is 1. The van der Waals surface area contributed by atoms with Crippen LogP contribution in [-0.2, 0) is 6.42 Å². The lowest BCUT2D eigenvalue weighted by Gasteiger charge is -2.05. The Morgan fingerprint density at radius 1 is 1.00 bits per heavy atom. The Bertz CT molecular complexity index is 300. The molecule has 1 aromatic carbocycles. The van der Waals surface area contributed by atoms with Crippen molar-refractivity contribution in [2.24, 2.45) is 0 Å². The first-order valence-electron chi connectivity index (χ1n) is 6.76. The lowest BCUT2D eigenvalue weighted by atomic mass is 10.1. The Morgan fingerprint density at radius 2 is 1.72 bits per heavy atom. The largest absolute Gasteiger partial charge is 0.497 e. The lowest BCUT2D eigenvalue weighted by molar-refractivity contribution is 0.414. The van der Waals surface area contributed by atoms with E-state index in [1.165, 1.54) is 24.8 Å². The van der Waals surface area contributed by atoms with Crippen LogP contribution < -0.4 is 10.1 Å². The molecule has 0 unspecified atom stereocenters. The van der Waals surface area contributed by atoms with Crippen LogP contribution in [-0.4, -0.2) is 26.1 Å². The molecule has 0 amide bonds. The summed E-state index contributed by atoms with van der Waals surface area (Å²) in [6.45, 7) is 2.15. The van der Waals surface area contributed by atoms with Gasteiger partial charge in [0, 0.05) is 5.88 Å². The summed E-state index contributed by atoms with van der Waals surface area (Å²) in [5.74, 6) is 1.72. The molecular formula is C15H24ClNO. The molecule has 0 radical (unpaired) electrons. The highest BCUT2D eigenvalue weighted by molar-refractivity contribution is 6.17. The van der Waals surface area contributed by atoms with Gasteiger partial charge in [-0.05, 0) is 50.0 Å². The van der Waals surface area contributed by atoms with Gasteiger partial charge in [-0.15, -0.1) is 11.6 Å². The SMILES string of the molecule is COc1ccc(CCNCCCCCCCl)cc1. The number of rotatable bonds is 10. The van der Waals surface area contributed by atoms with Gasteiger partial charge in [0.2, 0.25) is 0 Å². The van der Waals surface area contributed by atoms with E-state index in [0.29, 0.717) is 0 Å². The normalized spacial score (nSPS) is 10.6. The first-order chi connectivity index (χ1) is 8.86. The van der Waals surface area contributed by atoms with Crippen LogP contribution in [0.1, 0.15) is 31.2 Å². The summed E-state index contributed by atoms with van der Waals surface area (Å²) < 4.78 is 5.13. The molecule has 18 heavy (non-hydrogen) atoms. The molecule has 0 spiro atoms. The van der Waals surface area contributed by atoms with Crippen LogP contribution in [0.15, 0.2) is 24.3 Å². The molecule has 0 heterocycles. The first kappa shape index (κ1) is 15.3. The molecule has 1 rings (SSSR count). The number of benzene rings is 1. The molecule has 0 saturated heterocycles. The number of halogens is 1. The van der Waals surface area contributed by atoms with E-state index in [1.807, 2.05) is 12.1 Å². The van der Waals surface area contributed by atoms with Crippen molar-refractivity contribution in [3.05, 3.63) is 29.8 Å². The highest BCUT2D eigenvalue weighted by atomic mass is 35.5. The molecule has 0 aliphatic carbocycles. The highest BCUT2D eigenvalue weighted by Gasteiger charge is 1.95. The monoisotopic (exact) mass is 269 g/mol. The fourth-order valence-corrected chi connectivity index (χ4v) is 2.04. The maximum atomic E-state index is 5.63. The Morgan fingerprint density at radius 3 is 2.39 bits per heavy atom. The number of unbranched alkanes of at least 4 members (excludes halogenated alkanes) is 3. The maximum Gasteiger partial charge on any atom is 0.118 e. The van der Waals surface area contributed by atoms with Crippen LogP contribution in [0.5, 0.6) is 5.75 Å². The second kappa shape index (κ2) is 10.2. The third kappa shape index (κ3) is 6.87. The fourth-order valence-electron chi connectivity index (χ4n) is 1.85. The van der Waals surface area contributed by atoms with Crippen molar-refractivity contribution in [2.45, 2.75) is 32.1 Å². The molecule has 0 saturated carbocycles. The van der Waals surface area contributed by atoms with E-state index in [4.69, 9.17) is 16.3 Å². The van der Waals surface area contributed by atoms with Gasteiger partial charge in [0.15, 0.2) is 0 Å². The Kier molecular flexibility index (Phi) is 8.70. The van der Waals surface area contributed by atoms with Gasteiger partial charge in [-0.3, -0.25) is 0 Å². The minimum Gasteiger partial charge on any atom is -0.497 e. The average molecular weight is 270 g/mol. The average Bonchev–Trinajstić information content (AvgIpc) is 2.42. The van der Waals surface area contributed by atoms with E-state index in [1.54, 1.807) is 7.11 Å². The summed E-state index contributed by atoms with van der Waals surface area (Å²) in [5, 5.41) is 3.48. The number of hydrogen-bond donors (Lipinski definition) is 1. The van der Waals surface area contributed by atoms with E-state index in [2.05, 4.69) is 17.4 Å². The predicted octanol–water partition coefficient (Wildman–Crippen LogP) is 3.63. The zero-order valence-corrected chi connectivity index (χ0v) is 12.0. The van der Waals surface area contributed by atoms with Crippen molar-refractivity contribution in [1.82, 2.24) is 5.32 Å². The fraction of sp³-hybridized carbons (Fsp3) is 0.600. The highest BCUT2D eigenvalue weighted by Crippen LogP contribution is 2.11. The van der Waals surface area contributed by atoms with Crippen molar-refractivity contribution in [2.75, 3.05) is 26.1 Å². The van der Waals surface area contributed by atoms with E-state index >= 15 is 0 Å². The quantitative estimate of drug-likeness (QED) is 0.517. The summed E-state index contributed by atoms with van der Waals surface area (Å²) in [5.41, 5.74) is 1.35. The molecule has 0 atom stereocenters. The summed E-state index contributed by atoms with van der Waals surface area (Å²) in [7, 11) is 1.70. The summed E-state index contributed by atoms with van der Waals surface area (Å²) in [4.78, 5) is 0. The van der Waals surface area contributed by atoms with E-state index in [-0.39, 0.29) is 0 Å². The van der Waals surface area contributed by atoms with Gasteiger partial charge >= 0.3 is 0 Å². The van der Waals surface area contributed by atoms with Crippen LogP contribution in [0.25, 0.3) is 0 Å². The smallest absolute Gasteiger partial charge is 0.118 e. The minimum absolute atomic E-state index is 0.797. The number of methoxy groups -OCH3 is 1. The van der Waals surface area contributed by atoms with Crippen molar-refractivity contribution in [1.29, 1.82) is 0 Å². The van der Waals surface area contributed by atoms with Crippen molar-refractivity contribution < 1.29 is 4.74 Å². The summed E-state index contributed by atoms with van der Waals surface area (Å²) >= 11 is 5.63. The second-order valence-electron chi connectivity index (χ2n) is 4.45. The van der Waals surface area contributed by atoms with Gasteiger partial charge in [0.05, 0.1) is 7.11 Å². The van der Waals surface area contributed by atoms with Gasteiger partial charge in [-0.1, -0.05) is 25.0 Å². The minimum atomic E-state index is 0.797. The van der Waals surface area contributed by atoms with Crippen LogP contribution in [0, 0.1) is 0 Å². The Hall–Kier alpha value is -0.730. The molecule has 1 N–H and O–H groups in total. The van der Waals surface area contributed by atoms with Gasteiger partial charge in [0.1, 0.15) is 5.75 Å². The molecule has 3 heteroatoms. The molecular weight excluding hydrogens is 246 g/mol. The second-order valence-corrected chi connectivity index (χ2v) is 4.83. The topological polar surface area (TPSA) is 21.3 Å².